The van der Waals surface area contributed by atoms with Gasteiger partial charge in [0.05, 0.1) is 0 Å². The van der Waals surface area contributed by atoms with Crippen LogP contribution in [0.4, 0.5) is 16.2 Å². The van der Waals surface area contributed by atoms with E-state index in [0.717, 1.165) is 30.0 Å². The second-order valence-electron chi connectivity index (χ2n) is 5.82. The Morgan fingerprint density at radius 3 is 2.32 bits per heavy atom. The van der Waals surface area contributed by atoms with E-state index < -0.39 is 0 Å². The largest absolute Gasteiger partial charge is 0.445 e. The summed E-state index contributed by atoms with van der Waals surface area (Å²) >= 11 is 0. The highest BCUT2D eigenvalue weighted by atomic mass is 16.6. The van der Waals surface area contributed by atoms with Crippen molar-refractivity contribution in [1.29, 1.82) is 0 Å². The van der Waals surface area contributed by atoms with Crippen LogP contribution in [0.1, 0.15) is 5.56 Å². The fourth-order valence-corrected chi connectivity index (χ4v) is 2.79. The number of amides is 2. The van der Waals surface area contributed by atoms with Crippen molar-refractivity contribution in [3.05, 3.63) is 60.2 Å². The number of carbonyl (C=O) groups is 2. The molecule has 0 aliphatic carbocycles. The standard InChI is InChI=1S/C19H21N3O3/c23-15-20-17-6-8-18(9-7-17)21-10-12-22(13-11-21)19(24)25-14-16-4-2-1-3-5-16/h1-9,15H,10-14H2,(H,20,23). The summed E-state index contributed by atoms with van der Waals surface area (Å²) in [5.41, 5.74) is 2.83. The van der Waals surface area contributed by atoms with E-state index in [1.165, 1.54) is 0 Å². The molecule has 0 aromatic heterocycles. The number of anilines is 2. The third-order valence-electron chi connectivity index (χ3n) is 4.20. The van der Waals surface area contributed by atoms with Gasteiger partial charge in [0, 0.05) is 37.6 Å². The minimum Gasteiger partial charge on any atom is -0.445 e. The molecule has 1 aliphatic rings. The zero-order chi connectivity index (χ0) is 17.5. The first kappa shape index (κ1) is 16.8. The van der Waals surface area contributed by atoms with Gasteiger partial charge in [-0.05, 0) is 29.8 Å². The van der Waals surface area contributed by atoms with Gasteiger partial charge in [0.2, 0.25) is 6.41 Å². The number of carbonyl (C=O) groups excluding carboxylic acids is 2. The molecule has 0 unspecified atom stereocenters. The van der Waals surface area contributed by atoms with E-state index in [1.54, 1.807) is 4.90 Å². The molecule has 6 heteroatoms. The fraction of sp³-hybridized carbons (Fsp3) is 0.263. The van der Waals surface area contributed by atoms with E-state index in [-0.39, 0.29) is 6.09 Å². The summed E-state index contributed by atoms with van der Waals surface area (Å²) in [7, 11) is 0. The van der Waals surface area contributed by atoms with Crippen molar-refractivity contribution in [2.75, 3.05) is 36.4 Å². The van der Waals surface area contributed by atoms with Crippen LogP contribution >= 0.6 is 0 Å². The lowest BCUT2D eigenvalue weighted by Gasteiger charge is -2.35. The molecule has 1 fully saturated rings. The van der Waals surface area contributed by atoms with Gasteiger partial charge < -0.3 is 19.9 Å². The van der Waals surface area contributed by atoms with E-state index >= 15 is 0 Å². The van der Waals surface area contributed by atoms with Crippen LogP contribution in [0.3, 0.4) is 0 Å². The van der Waals surface area contributed by atoms with Crippen LogP contribution in [-0.2, 0) is 16.1 Å². The summed E-state index contributed by atoms with van der Waals surface area (Å²) in [6.45, 7) is 3.05. The van der Waals surface area contributed by atoms with Gasteiger partial charge in [-0.3, -0.25) is 4.79 Å². The van der Waals surface area contributed by atoms with Crippen molar-refractivity contribution in [2.45, 2.75) is 6.61 Å². The van der Waals surface area contributed by atoms with E-state index in [2.05, 4.69) is 10.2 Å². The van der Waals surface area contributed by atoms with Crippen LogP contribution < -0.4 is 10.2 Å². The number of hydrogen-bond donors (Lipinski definition) is 1. The maximum absolute atomic E-state index is 12.2. The molecule has 2 aromatic carbocycles. The molecule has 130 valence electrons. The Kier molecular flexibility index (Phi) is 5.51. The average Bonchev–Trinajstić information content (AvgIpc) is 2.68. The molecule has 1 heterocycles. The normalized spacial score (nSPS) is 14.1. The van der Waals surface area contributed by atoms with Gasteiger partial charge in [-0.15, -0.1) is 0 Å². The molecule has 0 saturated carbocycles. The highest BCUT2D eigenvalue weighted by Gasteiger charge is 2.22. The minimum absolute atomic E-state index is 0.269. The van der Waals surface area contributed by atoms with Gasteiger partial charge in [0.1, 0.15) is 6.61 Å². The van der Waals surface area contributed by atoms with E-state index in [4.69, 9.17) is 4.74 Å². The topological polar surface area (TPSA) is 61.9 Å². The Balaban J connectivity index is 1.47. The molecule has 0 atom stereocenters. The number of piperazine rings is 1. The quantitative estimate of drug-likeness (QED) is 0.851. The lowest BCUT2D eigenvalue weighted by Crippen LogP contribution is -2.48. The number of rotatable bonds is 5. The predicted octanol–water partition coefficient (Wildman–Crippen LogP) is 2.71. The molecular weight excluding hydrogens is 318 g/mol. The number of hydrogen-bond acceptors (Lipinski definition) is 4. The molecule has 6 nitrogen and oxygen atoms in total. The maximum Gasteiger partial charge on any atom is 0.410 e. The molecule has 3 rings (SSSR count). The third kappa shape index (κ3) is 4.50. The molecule has 0 bridgehead atoms. The van der Waals surface area contributed by atoms with Crippen LogP contribution in [0.2, 0.25) is 0 Å². The van der Waals surface area contributed by atoms with Gasteiger partial charge in [-0.2, -0.15) is 0 Å². The lowest BCUT2D eigenvalue weighted by molar-refractivity contribution is -0.105. The Morgan fingerprint density at radius 1 is 1.00 bits per heavy atom. The minimum atomic E-state index is -0.269. The van der Waals surface area contributed by atoms with Gasteiger partial charge >= 0.3 is 6.09 Å². The smallest absolute Gasteiger partial charge is 0.410 e. The Bertz CT molecular complexity index is 696. The van der Waals surface area contributed by atoms with Gasteiger partial charge in [-0.1, -0.05) is 30.3 Å². The average molecular weight is 339 g/mol. The molecular formula is C19H21N3O3. The summed E-state index contributed by atoms with van der Waals surface area (Å²) < 4.78 is 5.38. The number of ether oxygens (including phenoxy) is 1. The van der Waals surface area contributed by atoms with Gasteiger partial charge in [0.15, 0.2) is 0 Å². The third-order valence-corrected chi connectivity index (χ3v) is 4.20. The van der Waals surface area contributed by atoms with Crippen molar-refractivity contribution >= 4 is 23.9 Å². The Hall–Kier alpha value is -3.02. The summed E-state index contributed by atoms with van der Waals surface area (Å²) in [6, 6.07) is 17.3. The van der Waals surface area contributed by atoms with Crippen LogP contribution in [0.25, 0.3) is 0 Å². The lowest BCUT2D eigenvalue weighted by atomic mass is 10.2. The molecule has 0 spiro atoms. The summed E-state index contributed by atoms with van der Waals surface area (Å²) in [5.74, 6) is 0. The van der Waals surface area contributed by atoms with Gasteiger partial charge in [0.25, 0.3) is 0 Å². The molecule has 0 radical (unpaired) electrons. The highest BCUT2D eigenvalue weighted by molar-refractivity contribution is 5.72. The van der Waals surface area contributed by atoms with Crippen LogP contribution in [0.15, 0.2) is 54.6 Å². The first-order valence-electron chi connectivity index (χ1n) is 8.27. The zero-order valence-corrected chi connectivity index (χ0v) is 13.9. The number of nitrogens with zero attached hydrogens (tertiary/aromatic N) is 2. The molecule has 2 aromatic rings. The molecule has 1 aliphatic heterocycles. The van der Waals surface area contributed by atoms with Crippen LogP contribution in [-0.4, -0.2) is 43.6 Å². The van der Waals surface area contributed by atoms with E-state index in [0.29, 0.717) is 26.1 Å². The SMILES string of the molecule is O=CNc1ccc(N2CCN(C(=O)OCc3ccccc3)CC2)cc1. The van der Waals surface area contributed by atoms with Crippen LogP contribution in [0.5, 0.6) is 0 Å². The summed E-state index contributed by atoms with van der Waals surface area (Å²) in [5, 5.41) is 2.62. The monoisotopic (exact) mass is 339 g/mol. The van der Waals surface area contributed by atoms with Crippen LogP contribution in [0, 0.1) is 0 Å². The molecule has 1 N–H and O–H groups in total. The summed E-state index contributed by atoms with van der Waals surface area (Å²) in [4.78, 5) is 26.6. The molecule has 2 amide bonds. The predicted molar refractivity (Wildman–Crippen MR) is 96.5 cm³/mol. The fourth-order valence-electron chi connectivity index (χ4n) is 2.79. The highest BCUT2D eigenvalue weighted by Crippen LogP contribution is 2.19. The number of nitrogens with one attached hydrogen (secondary N) is 1. The second kappa shape index (κ2) is 8.19. The van der Waals surface area contributed by atoms with Crippen molar-refractivity contribution < 1.29 is 14.3 Å². The van der Waals surface area contributed by atoms with E-state index in [9.17, 15) is 9.59 Å². The maximum atomic E-state index is 12.2. The summed E-state index contributed by atoms with van der Waals surface area (Å²) in [6.07, 6.45) is 0.392. The molecule has 1 saturated heterocycles. The van der Waals surface area contributed by atoms with Crippen molar-refractivity contribution in [1.82, 2.24) is 4.90 Å². The first-order chi connectivity index (χ1) is 12.3. The Morgan fingerprint density at radius 2 is 1.68 bits per heavy atom. The van der Waals surface area contributed by atoms with Crippen molar-refractivity contribution in [3.63, 3.8) is 0 Å². The van der Waals surface area contributed by atoms with Crippen molar-refractivity contribution in [2.24, 2.45) is 0 Å². The van der Waals surface area contributed by atoms with Crippen molar-refractivity contribution in [3.8, 4) is 0 Å². The zero-order valence-electron chi connectivity index (χ0n) is 13.9. The second-order valence-corrected chi connectivity index (χ2v) is 5.82. The molecule has 25 heavy (non-hydrogen) atoms. The number of benzene rings is 2. The first-order valence-corrected chi connectivity index (χ1v) is 8.27. The Labute approximate surface area is 147 Å². The van der Waals surface area contributed by atoms with Gasteiger partial charge in [-0.25, -0.2) is 4.79 Å². The van der Waals surface area contributed by atoms with E-state index in [1.807, 2.05) is 54.6 Å².